The monoisotopic (exact) mass is 326 g/mol. The molecule has 1 aromatic carbocycles. The van der Waals surface area contributed by atoms with Crippen molar-refractivity contribution in [3.63, 3.8) is 0 Å². The number of aryl methyl sites for hydroxylation is 1. The van der Waals surface area contributed by atoms with E-state index < -0.39 is 5.63 Å². The normalized spacial score (nSPS) is 19.0. The first-order valence-electron chi connectivity index (χ1n) is 8.14. The van der Waals surface area contributed by atoms with Gasteiger partial charge in [-0.15, -0.1) is 0 Å². The summed E-state index contributed by atoms with van der Waals surface area (Å²) in [7, 11) is 0. The summed E-state index contributed by atoms with van der Waals surface area (Å²) in [6.07, 6.45) is 5.23. The van der Waals surface area contributed by atoms with Crippen LogP contribution in [0.5, 0.6) is 5.75 Å². The molecule has 4 nitrogen and oxygen atoms in total. The Morgan fingerprint density at radius 3 is 3.00 bits per heavy atom. The SMILES string of the molecule is CC(C)=CC1CC(=CCOc2cc(=O)oc3cccc(C)c23)CO1. The van der Waals surface area contributed by atoms with E-state index in [0.29, 0.717) is 24.5 Å². The molecule has 1 aliphatic rings. The van der Waals surface area contributed by atoms with Crippen LogP contribution in [-0.4, -0.2) is 19.3 Å². The molecule has 0 radical (unpaired) electrons. The molecule has 24 heavy (non-hydrogen) atoms. The molecule has 1 aliphatic heterocycles. The summed E-state index contributed by atoms with van der Waals surface area (Å²) < 4.78 is 16.8. The summed E-state index contributed by atoms with van der Waals surface area (Å²) in [5.74, 6) is 0.566. The van der Waals surface area contributed by atoms with Crippen LogP contribution < -0.4 is 10.4 Å². The van der Waals surface area contributed by atoms with Crippen LogP contribution >= 0.6 is 0 Å². The van der Waals surface area contributed by atoms with Gasteiger partial charge >= 0.3 is 5.63 Å². The van der Waals surface area contributed by atoms with Gasteiger partial charge in [-0.1, -0.05) is 23.8 Å². The number of benzene rings is 1. The van der Waals surface area contributed by atoms with Crippen LogP contribution in [0.3, 0.4) is 0 Å². The summed E-state index contributed by atoms with van der Waals surface area (Å²) in [5, 5.41) is 0.848. The van der Waals surface area contributed by atoms with Gasteiger partial charge in [-0.2, -0.15) is 0 Å². The van der Waals surface area contributed by atoms with Gasteiger partial charge in [0.05, 0.1) is 24.2 Å². The van der Waals surface area contributed by atoms with Crippen molar-refractivity contribution in [1.29, 1.82) is 0 Å². The number of hydrogen-bond donors (Lipinski definition) is 0. The van der Waals surface area contributed by atoms with Gasteiger partial charge in [-0.05, 0) is 44.1 Å². The molecule has 1 unspecified atom stereocenters. The zero-order chi connectivity index (χ0) is 17.1. The van der Waals surface area contributed by atoms with Crippen molar-refractivity contribution < 1.29 is 13.9 Å². The zero-order valence-corrected chi connectivity index (χ0v) is 14.3. The van der Waals surface area contributed by atoms with E-state index in [4.69, 9.17) is 13.9 Å². The largest absolute Gasteiger partial charge is 0.488 e. The third-order valence-electron chi connectivity index (χ3n) is 4.02. The Morgan fingerprint density at radius 2 is 2.21 bits per heavy atom. The quantitative estimate of drug-likeness (QED) is 0.625. The molecule has 0 amide bonds. The van der Waals surface area contributed by atoms with Gasteiger partial charge in [0.2, 0.25) is 0 Å². The Bertz CT molecular complexity index is 854. The zero-order valence-electron chi connectivity index (χ0n) is 14.3. The minimum Gasteiger partial charge on any atom is -0.488 e. The van der Waals surface area contributed by atoms with Crippen molar-refractivity contribution >= 4 is 11.0 Å². The Labute approximate surface area is 141 Å². The molecule has 0 bridgehead atoms. The number of allylic oxidation sites excluding steroid dienone is 1. The Balaban J connectivity index is 1.74. The molecule has 2 heterocycles. The van der Waals surface area contributed by atoms with E-state index in [1.165, 1.54) is 17.2 Å². The molecular weight excluding hydrogens is 304 g/mol. The van der Waals surface area contributed by atoms with Crippen molar-refractivity contribution in [3.8, 4) is 5.75 Å². The molecule has 126 valence electrons. The van der Waals surface area contributed by atoms with Crippen LogP contribution in [-0.2, 0) is 4.74 Å². The van der Waals surface area contributed by atoms with Gasteiger partial charge in [0, 0.05) is 6.42 Å². The average Bonchev–Trinajstić information content (AvgIpc) is 2.93. The van der Waals surface area contributed by atoms with E-state index in [-0.39, 0.29) is 6.10 Å². The predicted molar refractivity (Wildman–Crippen MR) is 94.6 cm³/mol. The highest BCUT2D eigenvalue weighted by Crippen LogP contribution is 2.27. The fourth-order valence-corrected chi connectivity index (χ4v) is 2.93. The lowest BCUT2D eigenvalue weighted by atomic mass is 10.1. The minimum absolute atomic E-state index is 0.160. The standard InChI is InChI=1S/C20H22O4/c1-13(2)9-16-10-15(12-23-16)7-8-22-18-11-19(21)24-17-6-4-5-14(3)20(17)18/h4-7,9,11,16H,8,10,12H2,1-3H3. The van der Waals surface area contributed by atoms with Gasteiger partial charge in [0.25, 0.3) is 0 Å². The number of ether oxygens (including phenoxy) is 2. The highest BCUT2D eigenvalue weighted by atomic mass is 16.5. The van der Waals surface area contributed by atoms with Crippen molar-refractivity contribution in [2.75, 3.05) is 13.2 Å². The second-order valence-electron chi connectivity index (χ2n) is 6.35. The average molecular weight is 326 g/mol. The molecular formula is C20H22O4. The van der Waals surface area contributed by atoms with Gasteiger partial charge in [-0.3, -0.25) is 0 Å². The molecule has 1 atom stereocenters. The van der Waals surface area contributed by atoms with Crippen LogP contribution in [0.1, 0.15) is 25.8 Å². The molecule has 4 heteroatoms. The fraction of sp³-hybridized carbons (Fsp3) is 0.350. The Hall–Kier alpha value is -2.33. The first-order valence-corrected chi connectivity index (χ1v) is 8.14. The van der Waals surface area contributed by atoms with E-state index in [1.54, 1.807) is 6.07 Å². The molecule has 0 spiro atoms. The third kappa shape index (κ3) is 3.77. The highest BCUT2D eigenvalue weighted by Gasteiger charge is 2.17. The Morgan fingerprint density at radius 1 is 1.38 bits per heavy atom. The lowest BCUT2D eigenvalue weighted by Crippen LogP contribution is -2.03. The van der Waals surface area contributed by atoms with Crippen molar-refractivity contribution in [2.24, 2.45) is 0 Å². The Kier molecular flexibility index (Phi) is 4.86. The highest BCUT2D eigenvalue weighted by molar-refractivity contribution is 5.86. The summed E-state index contributed by atoms with van der Waals surface area (Å²) in [5.41, 5.74) is 3.66. The van der Waals surface area contributed by atoms with E-state index in [0.717, 1.165) is 17.4 Å². The summed E-state index contributed by atoms with van der Waals surface area (Å²) >= 11 is 0. The minimum atomic E-state index is -0.399. The van der Waals surface area contributed by atoms with Crippen molar-refractivity contribution in [2.45, 2.75) is 33.3 Å². The van der Waals surface area contributed by atoms with E-state index >= 15 is 0 Å². The molecule has 0 N–H and O–H groups in total. The molecule has 2 aromatic rings. The predicted octanol–water partition coefficient (Wildman–Crippen LogP) is 4.16. The van der Waals surface area contributed by atoms with E-state index in [9.17, 15) is 4.79 Å². The molecule has 1 aromatic heterocycles. The van der Waals surface area contributed by atoms with E-state index in [1.807, 2.05) is 25.1 Å². The molecule has 1 saturated heterocycles. The van der Waals surface area contributed by atoms with Crippen LogP contribution in [0, 0.1) is 6.92 Å². The number of fused-ring (bicyclic) bond motifs is 1. The molecule has 0 saturated carbocycles. The van der Waals surface area contributed by atoms with Crippen molar-refractivity contribution in [1.82, 2.24) is 0 Å². The van der Waals surface area contributed by atoms with E-state index in [2.05, 4.69) is 19.9 Å². The second-order valence-corrected chi connectivity index (χ2v) is 6.35. The summed E-state index contributed by atoms with van der Waals surface area (Å²) in [6.45, 7) is 7.16. The third-order valence-corrected chi connectivity index (χ3v) is 4.02. The van der Waals surface area contributed by atoms with Crippen LogP contribution in [0.2, 0.25) is 0 Å². The maximum atomic E-state index is 11.7. The van der Waals surface area contributed by atoms with Gasteiger partial charge in [0.1, 0.15) is 17.9 Å². The fourth-order valence-electron chi connectivity index (χ4n) is 2.93. The molecule has 0 aliphatic carbocycles. The molecule has 3 rings (SSSR count). The maximum Gasteiger partial charge on any atom is 0.339 e. The number of rotatable bonds is 4. The van der Waals surface area contributed by atoms with Gasteiger partial charge in [-0.25, -0.2) is 4.79 Å². The summed E-state index contributed by atoms with van der Waals surface area (Å²) in [4.78, 5) is 11.7. The topological polar surface area (TPSA) is 48.7 Å². The van der Waals surface area contributed by atoms with Crippen LogP contribution in [0.4, 0.5) is 0 Å². The van der Waals surface area contributed by atoms with Crippen molar-refractivity contribution in [3.05, 3.63) is 63.5 Å². The lowest BCUT2D eigenvalue weighted by molar-refractivity contribution is 0.149. The van der Waals surface area contributed by atoms with Crippen LogP contribution in [0.25, 0.3) is 11.0 Å². The smallest absolute Gasteiger partial charge is 0.339 e. The first-order chi connectivity index (χ1) is 11.5. The van der Waals surface area contributed by atoms with Gasteiger partial charge < -0.3 is 13.9 Å². The molecule has 1 fully saturated rings. The number of hydrogen-bond acceptors (Lipinski definition) is 4. The maximum absolute atomic E-state index is 11.7. The second kappa shape index (κ2) is 7.05. The first kappa shape index (κ1) is 16.5. The lowest BCUT2D eigenvalue weighted by Gasteiger charge is -2.08. The van der Waals surface area contributed by atoms with Crippen LogP contribution in [0.15, 0.2) is 56.8 Å². The summed E-state index contributed by atoms with van der Waals surface area (Å²) in [6, 6.07) is 7.03. The van der Waals surface area contributed by atoms with Gasteiger partial charge in [0.15, 0.2) is 0 Å².